The van der Waals surface area contributed by atoms with E-state index in [0.717, 1.165) is 23.5 Å². The molecule has 0 unspecified atom stereocenters. The molecule has 28 heavy (non-hydrogen) atoms. The molecule has 0 spiro atoms. The number of hydrogen-bond acceptors (Lipinski definition) is 5. The zero-order valence-corrected chi connectivity index (χ0v) is 16.4. The summed E-state index contributed by atoms with van der Waals surface area (Å²) >= 11 is 6.20. The molecule has 2 heterocycles. The van der Waals surface area contributed by atoms with Gasteiger partial charge >= 0.3 is 0 Å². The van der Waals surface area contributed by atoms with E-state index in [2.05, 4.69) is 26.4 Å². The van der Waals surface area contributed by atoms with E-state index in [1.54, 1.807) is 6.33 Å². The Balaban J connectivity index is 1.81. The van der Waals surface area contributed by atoms with Crippen molar-refractivity contribution in [2.24, 2.45) is 11.8 Å². The summed E-state index contributed by atoms with van der Waals surface area (Å²) in [4.78, 5) is 13.4. The predicted octanol–water partition coefficient (Wildman–Crippen LogP) is 4.28. The van der Waals surface area contributed by atoms with Crippen LogP contribution < -0.4 is 5.48 Å². The minimum Gasteiger partial charge on any atom is -0.327 e. The minimum atomic E-state index is -0.277. The molecule has 8 heteroatoms. The van der Waals surface area contributed by atoms with Crippen molar-refractivity contribution in [3.8, 4) is 11.3 Å². The number of halogens is 1. The third kappa shape index (κ3) is 3.72. The summed E-state index contributed by atoms with van der Waals surface area (Å²) in [7, 11) is 0. The van der Waals surface area contributed by atoms with Gasteiger partial charge in [0.15, 0.2) is 17.3 Å². The fraction of sp³-hybridized carbons (Fsp3) is 0.400. The second-order valence-electron chi connectivity index (χ2n) is 7.59. The minimum absolute atomic E-state index is 0.0849. The summed E-state index contributed by atoms with van der Waals surface area (Å²) in [5.74, 6) is 1.22. The molecule has 3 aromatic rings. The van der Waals surface area contributed by atoms with Gasteiger partial charge in [0.25, 0.3) is 0 Å². The lowest BCUT2D eigenvalue weighted by atomic mass is 9.83. The number of aromatic nitrogens is 4. The van der Waals surface area contributed by atoms with Gasteiger partial charge in [-0.25, -0.2) is 20.4 Å². The lowest BCUT2D eigenvalue weighted by Crippen LogP contribution is -2.22. The molecule has 1 saturated carbocycles. The summed E-state index contributed by atoms with van der Waals surface area (Å²) < 4.78 is 2.12. The number of hydrogen-bond donors (Lipinski definition) is 3. The van der Waals surface area contributed by atoms with Gasteiger partial charge in [0.2, 0.25) is 0 Å². The highest BCUT2D eigenvalue weighted by molar-refractivity contribution is 6.30. The van der Waals surface area contributed by atoms with E-state index >= 15 is 0 Å². The van der Waals surface area contributed by atoms with Gasteiger partial charge in [0.05, 0.1) is 6.33 Å². The van der Waals surface area contributed by atoms with Crippen LogP contribution in [-0.4, -0.2) is 30.6 Å². The molecule has 7 nitrogen and oxygen atoms in total. The topological polar surface area (TPSA) is 99.7 Å². The van der Waals surface area contributed by atoms with E-state index in [4.69, 9.17) is 22.2 Å². The molecule has 146 valence electrons. The predicted molar refractivity (Wildman–Crippen MR) is 109 cm³/mol. The Labute approximate surface area is 168 Å². The molecule has 0 bridgehead atoms. The molecule has 1 fully saturated rings. The maximum atomic E-state index is 9.11. The van der Waals surface area contributed by atoms with E-state index in [9.17, 15) is 0 Å². The monoisotopic (exact) mass is 398 g/mol. The zero-order valence-electron chi connectivity index (χ0n) is 15.7. The molecule has 0 atom stereocenters. The first-order valence-electron chi connectivity index (χ1n) is 9.53. The number of fused-ring (bicyclic) bond motifs is 1. The Kier molecular flexibility index (Phi) is 5.28. The van der Waals surface area contributed by atoms with Gasteiger partial charge in [0.1, 0.15) is 11.2 Å². The smallest absolute Gasteiger partial charge is 0.199 e. The van der Waals surface area contributed by atoms with Crippen molar-refractivity contribution in [3.63, 3.8) is 0 Å². The fourth-order valence-electron chi connectivity index (χ4n) is 3.91. The van der Waals surface area contributed by atoms with Crippen molar-refractivity contribution < 1.29 is 5.21 Å². The Morgan fingerprint density at radius 1 is 1.29 bits per heavy atom. The molecule has 3 N–H and O–H groups in total. The number of benzene rings is 1. The Hall–Kier alpha value is -2.51. The van der Waals surface area contributed by atoms with Crippen LogP contribution in [0.15, 0.2) is 30.6 Å². The highest BCUT2D eigenvalue weighted by Gasteiger charge is 2.22. The summed E-state index contributed by atoms with van der Waals surface area (Å²) in [6.07, 6.45) is 6.75. The highest BCUT2D eigenvalue weighted by Crippen LogP contribution is 2.32. The Bertz CT molecular complexity index is 1010. The number of imidazole rings is 1. The van der Waals surface area contributed by atoms with Crippen LogP contribution in [0.25, 0.3) is 22.4 Å². The third-order valence-electron chi connectivity index (χ3n) is 5.50. The fourth-order valence-corrected chi connectivity index (χ4v) is 4.10. The second-order valence-corrected chi connectivity index (χ2v) is 8.02. The Morgan fingerprint density at radius 3 is 2.79 bits per heavy atom. The normalized spacial score (nSPS) is 19.7. The van der Waals surface area contributed by atoms with Crippen molar-refractivity contribution in [3.05, 3.63) is 41.4 Å². The average Bonchev–Trinajstić information content (AvgIpc) is 3.11. The standard InChI is InChI=1S/C20H23ClN6O/c1-12-5-7-13(8-6-12)10-27-11-23-19-17(27)16(14-3-2-4-15(21)9-14)24-20(25-19)18(22)26-28/h2-4,9,11-13,28H,5-8,10H2,1H3,(H2,22,26). The molecular formula is C20H23ClN6O. The van der Waals surface area contributed by atoms with Gasteiger partial charge in [0, 0.05) is 17.1 Å². The maximum absolute atomic E-state index is 9.11. The molecular weight excluding hydrogens is 376 g/mol. The van der Waals surface area contributed by atoms with E-state index in [-0.39, 0.29) is 11.7 Å². The van der Waals surface area contributed by atoms with Crippen molar-refractivity contribution in [1.82, 2.24) is 25.0 Å². The van der Waals surface area contributed by atoms with E-state index in [0.29, 0.717) is 22.3 Å². The van der Waals surface area contributed by atoms with Crippen molar-refractivity contribution in [1.29, 1.82) is 5.41 Å². The summed E-state index contributed by atoms with van der Waals surface area (Å²) in [5, 5.41) is 17.6. The number of nitrogens with one attached hydrogen (secondary N) is 2. The first-order valence-corrected chi connectivity index (χ1v) is 9.90. The molecule has 4 rings (SSSR count). The second kappa shape index (κ2) is 7.85. The molecule has 0 radical (unpaired) electrons. The van der Waals surface area contributed by atoms with Gasteiger partial charge in [-0.3, -0.25) is 10.6 Å². The van der Waals surface area contributed by atoms with Crippen molar-refractivity contribution in [2.45, 2.75) is 39.2 Å². The van der Waals surface area contributed by atoms with Gasteiger partial charge in [-0.1, -0.05) is 43.5 Å². The van der Waals surface area contributed by atoms with Crippen molar-refractivity contribution >= 4 is 28.6 Å². The lowest BCUT2D eigenvalue weighted by molar-refractivity contribution is 0.233. The molecule has 0 saturated heterocycles. The summed E-state index contributed by atoms with van der Waals surface area (Å²) in [6, 6.07) is 7.43. The van der Waals surface area contributed by atoms with Crippen LogP contribution in [0.2, 0.25) is 5.02 Å². The SMILES string of the molecule is CC1CCC(Cn2cnc3nc(C(=N)NO)nc(-c4cccc(Cl)c4)c32)CC1. The van der Waals surface area contributed by atoms with Gasteiger partial charge < -0.3 is 4.57 Å². The van der Waals surface area contributed by atoms with Crippen LogP contribution in [0.1, 0.15) is 38.4 Å². The molecule has 0 amide bonds. The number of nitrogens with zero attached hydrogens (tertiary/aromatic N) is 4. The lowest BCUT2D eigenvalue weighted by Gasteiger charge is -2.26. The zero-order chi connectivity index (χ0) is 19.7. The van der Waals surface area contributed by atoms with Crippen LogP contribution in [0.3, 0.4) is 0 Å². The molecule has 1 aliphatic rings. The molecule has 2 aromatic heterocycles. The largest absolute Gasteiger partial charge is 0.327 e. The van der Waals surface area contributed by atoms with Crippen LogP contribution >= 0.6 is 11.6 Å². The van der Waals surface area contributed by atoms with Crippen LogP contribution in [0, 0.1) is 17.2 Å². The van der Waals surface area contributed by atoms with Crippen molar-refractivity contribution in [2.75, 3.05) is 0 Å². The van der Waals surface area contributed by atoms with Gasteiger partial charge in [-0.15, -0.1) is 0 Å². The first kappa shape index (κ1) is 18.8. The van der Waals surface area contributed by atoms with Crippen LogP contribution in [0.5, 0.6) is 0 Å². The summed E-state index contributed by atoms with van der Waals surface area (Å²) in [6.45, 7) is 3.19. The van der Waals surface area contributed by atoms with Gasteiger partial charge in [-0.05, 0) is 36.8 Å². The first-order chi connectivity index (χ1) is 13.5. The number of amidine groups is 1. The average molecular weight is 399 g/mol. The third-order valence-corrected chi connectivity index (χ3v) is 5.73. The van der Waals surface area contributed by atoms with Crippen LogP contribution in [-0.2, 0) is 6.54 Å². The van der Waals surface area contributed by atoms with E-state index in [1.165, 1.54) is 25.7 Å². The molecule has 1 aromatic carbocycles. The number of hydroxylamine groups is 1. The maximum Gasteiger partial charge on any atom is 0.199 e. The van der Waals surface area contributed by atoms with E-state index < -0.39 is 0 Å². The highest BCUT2D eigenvalue weighted by atomic mass is 35.5. The quantitative estimate of drug-likeness (QED) is 0.346. The van der Waals surface area contributed by atoms with E-state index in [1.807, 2.05) is 29.7 Å². The number of rotatable bonds is 4. The molecule has 1 aliphatic carbocycles. The Morgan fingerprint density at radius 2 is 2.07 bits per heavy atom. The van der Waals surface area contributed by atoms with Gasteiger partial charge in [-0.2, -0.15) is 0 Å². The summed E-state index contributed by atoms with van der Waals surface area (Å²) in [5.41, 5.74) is 4.62. The van der Waals surface area contributed by atoms with Crippen LogP contribution in [0.4, 0.5) is 0 Å². The molecule has 0 aliphatic heterocycles.